The average molecular weight is 472 g/mol. The topological polar surface area (TPSA) is 71.3 Å². The van der Waals surface area contributed by atoms with Gasteiger partial charge >= 0.3 is 0 Å². The summed E-state index contributed by atoms with van der Waals surface area (Å²) in [6.07, 6.45) is 2.51. The van der Waals surface area contributed by atoms with Crippen molar-refractivity contribution in [1.82, 2.24) is 24.6 Å². The minimum Gasteiger partial charge on any atom is -0.338 e. The van der Waals surface area contributed by atoms with Crippen LogP contribution in [0.5, 0.6) is 0 Å². The van der Waals surface area contributed by atoms with Gasteiger partial charge in [-0.25, -0.2) is 8.78 Å². The molecule has 1 fully saturated rings. The molecule has 10 heteroatoms. The molecule has 7 nitrogen and oxygen atoms in total. The molecule has 1 aliphatic rings. The van der Waals surface area contributed by atoms with Crippen LogP contribution in [-0.4, -0.2) is 68.3 Å². The molecule has 3 aromatic rings. The Bertz CT molecular complexity index is 1160. The van der Waals surface area contributed by atoms with Gasteiger partial charge in [0.1, 0.15) is 6.33 Å². The number of thioether (sulfide) groups is 1. The first-order chi connectivity index (χ1) is 16.0. The van der Waals surface area contributed by atoms with Crippen molar-refractivity contribution in [2.75, 3.05) is 31.9 Å². The van der Waals surface area contributed by atoms with Crippen LogP contribution in [0.4, 0.5) is 8.78 Å². The van der Waals surface area contributed by atoms with Crippen LogP contribution >= 0.6 is 11.8 Å². The first kappa shape index (κ1) is 22.9. The second kappa shape index (κ2) is 10.1. The standard InChI is InChI=1S/C23H23F2N5O2S/c1-2-16-5-3-4-6-20(16)30-15-26-27-23(30)33-14-21(31)28-9-11-29(12-10-28)22(32)17-7-8-18(24)19(25)13-17/h3-8,13,15H,2,9-12,14H2,1H3. The van der Waals surface area contributed by atoms with Gasteiger partial charge in [0.15, 0.2) is 16.8 Å². The van der Waals surface area contributed by atoms with Crippen LogP contribution in [0.2, 0.25) is 0 Å². The normalized spacial score (nSPS) is 13.9. The Morgan fingerprint density at radius 3 is 2.45 bits per heavy atom. The van der Waals surface area contributed by atoms with Gasteiger partial charge in [0.2, 0.25) is 5.91 Å². The summed E-state index contributed by atoms with van der Waals surface area (Å²) >= 11 is 1.32. The minimum atomic E-state index is -1.05. The zero-order valence-corrected chi connectivity index (χ0v) is 18.9. The maximum atomic E-state index is 13.4. The molecular formula is C23H23F2N5O2S. The smallest absolute Gasteiger partial charge is 0.254 e. The quantitative estimate of drug-likeness (QED) is 0.517. The molecule has 0 radical (unpaired) electrons. The summed E-state index contributed by atoms with van der Waals surface area (Å²) in [6, 6.07) is 11.1. The molecule has 0 atom stereocenters. The summed E-state index contributed by atoms with van der Waals surface area (Å²) in [5.41, 5.74) is 2.24. The van der Waals surface area contributed by atoms with Gasteiger partial charge in [0, 0.05) is 31.7 Å². The van der Waals surface area contributed by atoms with Gasteiger partial charge in [-0.15, -0.1) is 10.2 Å². The number of para-hydroxylation sites is 1. The number of halogens is 2. The van der Waals surface area contributed by atoms with E-state index < -0.39 is 11.6 Å². The van der Waals surface area contributed by atoms with Crippen molar-refractivity contribution < 1.29 is 18.4 Å². The number of hydrogen-bond acceptors (Lipinski definition) is 5. The van der Waals surface area contributed by atoms with E-state index in [9.17, 15) is 18.4 Å². The van der Waals surface area contributed by atoms with Crippen LogP contribution in [0.1, 0.15) is 22.8 Å². The second-order valence-corrected chi connectivity index (χ2v) is 8.50. The van der Waals surface area contributed by atoms with Crippen LogP contribution in [0.25, 0.3) is 5.69 Å². The molecule has 2 amide bonds. The van der Waals surface area contributed by atoms with Crippen LogP contribution in [-0.2, 0) is 11.2 Å². The number of hydrogen-bond donors (Lipinski definition) is 0. The maximum Gasteiger partial charge on any atom is 0.254 e. The highest BCUT2D eigenvalue weighted by atomic mass is 32.2. The fraction of sp³-hybridized carbons (Fsp3) is 0.304. The SMILES string of the molecule is CCc1ccccc1-n1cnnc1SCC(=O)N1CCN(C(=O)c2ccc(F)c(F)c2)CC1. The maximum absolute atomic E-state index is 13.4. The largest absolute Gasteiger partial charge is 0.338 e. The van der Waals surface area contributed by atoms with Crippen molar-refractivity contribution in [3.05, 3.63) is 71.6 Å². The Hall–Kier alpha value is -3.27. The van der Waals surface area contributed by atoms with Crippen molar-refractivity contribution in [3.8, 4) is 5.69 Å². The second-order valence-electron chi connectivity index (χ2n) is 7.56. The van der Waals surface area contributed by atoms with Gasteiger partial charge in [-0.3, -0.25) is 14.2 Å². The fourth-order valence-electron chi connectivity index (χ4n) is 3.72. The number of piperazine rings is 1. The van der Waals surface area contributed by atoms with Crippen LogP contribution < -0.4 is 0 Å². The highest BCUT2D eigenvalue weighted by molar-refractivity contribution is 7.99. The zero-order chi connectivity index (χ0) is 23.4. The van der Waals surface area contributed by atoms with Crippen LogP contribution in [0.15, 0.2) is 53.9 Å². The third-order valence-electron chi connectivity index (χ3n) is 5.56. The van der Waals surface area contributed by atoms with Gasteiger partial charge < -0.3 is 9.80 Å². The van der Waals surface area contributed by atoms with E-state index in [0.29, 0.717) is 31.3 Å². The summed E-state index contributed by atoms with van der Waals surface area (Å²) in [4.78, 5) is 28.5. The Balaban J connectivity index is 1.33. The van der Waals surface area contributed by atoms with Crippen molar-refractivity contribution >= 4 is 23.6 Å². The van der Waals surface area contributed by atoms with Crippen LogP contribution in [0.3, 0.4) is 0 Å². The third-order valence-corrected chi connectivity index (χ3v) is 6.49. The summed E-state index contributed by atoms with van der Waals surface area (Å²) in [5.74, 6) is -2.28. The Morgan fingerprint density at radius 2 is 1.73 bits per heavy atom. The molecule has 0 bridgehead atoms. The molecule has 1 aliphatic heterocycles. The lowest BCUT2D eigenvalue weighted by molar-refractivity contribution is -0.129. The summed E-state index contributed by atoms with van der Waals surface area (Å²) in [5, 5.41) is 8.80. The third kappa shape index (κ3) is 5.05. The lowest BCUT2D eigenvalue weighted by Gasteiger charge is -2.34. The van der Waals surface area contributed by atoms with Crippen molar-refractivity contribution in [3.63, 3.8) is 0 Å². The predicted molar refractivity (Wildman–Crippen MR) is 120 cm³/mol. The number of aryl methyl sites for hydroxylation is 1. The van der Waals surface area contributed by atoms with E-state index in [1.54, 1.807) is 16.1 Å². The molecule has 0 unspecified atom stereocenters. The van der Waals surface area contributed by atoms with E-state index in [4.69, 9.17) is 0 Å². The summed E-state index contributed by atoms with van der Waals surface area (Å²) in [6.45, 7) is 3.49. The van der Waals surface area contributed by atoms with Gasteiger partial charge in [-0.1, -0.05) is 36.9 Å². The highest BCUT2D eigenvalue weighted by Gasteiger charge is 2.26. The van der Waals surface area contributed by atoms with Gasteiger partial charge in [0.25, 0.3) is 5.91 Å². The van der Waals surface area contributed by atoms with E-state index in [1.165, 1.54) is 17.8 Å². The highest BCUT2D eigenvalue weighted by Crippen LogP contribution is 2.23. The minimum absolute atomic E-state index is 0.0572. The first-order valence-corrected chi connectivity index (χ1v) is 11.6. The van der Waals surface area contributed by atoms with E-state index >= 15 is 0 Å². The van der Waals surface area contributed by atoms with Gasteiger partial charge in [-0.2, -0.15) is 0 Å². The molecule has 172 valence electrons. The lowest BCUT2D eigenvalue weighted by atomic mass is 10.1. The zero-order valence-electron chi connectivity index (χ0n) is 18.1. The lowest BCUT2D eigenvalue weighted by Crippen LogP contribution is -2.51. The number of nitrogens with zero attached hydrogens (tertiary/aromatic N) is 5. The van der Waals surface area contributed by atoms with E-state index in [0.717, 1.165) is 29.8 Å². The van der Waals surface area contributed by atoms with Crippen molar-refractivity contribution in [1.29, 1.82) is 0 Å². The average Bonchev–Trinajstić information content (AvgIpc) is 3.32. The number of amides is 2. The summed E-state index contributed by atoms with van der Waals surface area (Å²) in [7, 11) is 0. The molecule has 33 heavy (non-hydrogen) atoms. The van der Waals surface area contributed by atoms with E-state index in [-0.39, 0.29) is 23.1 Å². The molecule has 2 heterocycles. The molecule has 0 aliphatic carbocycles. The molecule has 0 N–H and O–H groups in total. The Kier molecular flexibility index (Phi) is 7.02. The molecule has 4 rings (SSSR count). The van der Waals surface area contributed by atoms with Crippen molar-refractivity contribution in [2.24, 2.45) is 0 Å². The fourth-order valence-corrected chi connectivity index (χ4v) is 4.55. The number of aromatic nitrogens is 3. The molecule has 1 saturated heterocycles. The van der Waals surface area contributed by atoms with E-state index in [1.807, 2.05) is 22.8 Å². The predicted octanol–water partition coefficient (Wildman–Crippen LogP) is 3.18. The number of carbonyl (C=O) groups is 2. The number of rotatable bonds is 6. The molecule has 2 aromatic carbocycles. The Morgan fingerprint density at radius 1 is 1.00 bits per heavy atom. The Labute approximate surface area is 194 Å². The van der Waals surface area contributed by atoms with Gasteiger partial charge in [-0.05, 0) is 36.2 Å². The van der Waals surface area contributed by atoms with E-state index in [2.05, 4.69) is 23.2 Å². The molecular weight excluding hydrogens is 448 g/mol. The molecule has 1 aromatic heterocycles. The number of carbonyl (C=O) groups excluding carboxylic acids is 2. The van der Waals surface area contributed by atoms with Crippen LogP contribution in [0, 0.1) is 11.6 Å². The molecule has 0 saturated carbocycles. The van der Waals surface area contributed by atoms with Gasteiger partial charge in [0.05, 0.1) is 11.4 Å². The monoisotopic (exact) mass is 471 g/mol. The first-order valence-electron chi connectivity index (χ1n) is 10.6. The summed E-state index contributed by atoms with van der Waals surface area (Å²) < 4.78 is 28.4. The molecule has 0 spiro atoms. The number of benzene rings is 2. The van der Waals surface area contributed by atoms with Crippen molar-refractivity contribution in [2.45, 2.75) is 18.5 Å².